The molecule has 1 aliphatic rings. The number of nitrogens with zero attached hydrogens (tertiary/aromatic N) is 7. The summed E-state index contributed by atoms with van der Waals surface area (Å²) in [6.45, 7) is 6.71. The Balaban J connectivity index is 1.45. The summed E-state index contributed by atoms with van der Waals surface area (Å²) in [5.74, 6) is 0.914. The van der Waals surface area contributed by atoms with E-state index in [0.717, 1.165) is 47.9 Å². The fraction of sp³-hybridized carbons (Fsp3) is 0.304. The maximum Gasteiger partial charge on any atom is 0.151 e. The Hall–Kier alpha value is -3.32. The van der Waals surface area contributed by atoms with Crippen molar-refractivity contribution >= 4 is 11.3 Å². The predicted octanol–water partition coefficient (Wildman–Crippen LogP) is 3.30. The molecule has 1 atom stereocenters. The molecule has 0 radical (unpaired) electrons. The van der Waals surface area contributed by atoms with Gasteiger partial charge in [0.2, 0.25) is 0 Å². The van der Waals surface area contributed by atoms with Gasteiger partial charge in [-0.25, -0.2) is 4.52 Å². The molecule has 0 spiro atoms. The van der Waals surface area contributed by atoms with Crippen LogP contribution < -0.4 is 4.90 Å². The third kappa shape index (κ3) is 3.41. The van der Waals surface area contributed by atoms with Crippen molar-refractivity contribution in [1.82, 2.24) is 29.9 Å². The van der Waals surface area contributed by atoms with Gasteiger partial charge in [-0.1, -0.05) is 41.1 Å². The van der Waals surface area contributed by atoms with E-state index in [2.05, 4.69) is 86.9 Å². The number of likely N-dealkylation sites (N-methyl/N-ethyl adjacent to an activating group) is 1. The van der Waals surface area contributed by atoms with E-state index >= 15 is 0 Å². The summed E-state index contributed by atoms with van der Waals surface area (Å²) in [4.78, 5) is 4.62. The molecule has 0 aliphatic carbocycles. The highest BCUT2D eigenvalue weighted by molar-refractivity contribution is 5.66. The number of aromatic nitrogens is 5. The third-order valence-electron chi connectivity index (χ3n) is 5.90. The van der Waals surface area contributed by atoms with Gasteiger partial charge in [0.1, 0.15) is 5.69 Å². The van der Waals surface area contributed by atoms with Crippen molar-refractivity contribution in [1.29, 1.82) is 0 Å². The van der Waals surface area contributed by atoms with Gasteiger partial charge in [-0.15, -0.1) is 10.2 Å². The molecule has 4 aromatic rings. The number of benzene rings is 1. The average Bonchev–Trinajstić information content (AvgIpc) is 3.18. The topological polar surface area (TPSA) is 62.5 Å². The highest BCUT2D eigenvalue weighted by Gasteiger charge is 2.30. The number of anilines is 1. The van der Waals surface area contributed by atoms with Gasteiger partial charge in [-0.05, 0) is 44.7 Å². The lowest BCUT2D eigenvalue weighted by molar-refractivity contribution is 0.217. The van der Waals surface area contributed by atoms with Crippen LogP contribution in [0.5, 0.6) is 0 Å². The minimum atomic E-state index is 0.143. The van der Waals surface area contributed by atoms with E-state index in [1.807, 2.05) is 23.6 Å². The van der Waals surface area contributed by atoms with Gasteiger partial charge < -0.3 is 4.90 Å². The summed E-state index contributed by atoms with van der Waals surface area (Å²) in [5.41, 5.74) is 6.53. The lowest BCUT2D eigenvalue weighted by atomic mass is 10.0. The Morgan fingerprint density at radius 2 is 1.63 bits per heavy atom. The number of piperazine rings is 1. The molecule has 4 heterocycles. The van der Waals surface area contributed by atoms with Gasteiger partial charge in [-0.2, -0.15) is 5.10 Å². The van der Waals surface area contributed by atoms with E-state index in [1.165, 1.54) is 11.1 Å². The second kappa shape index (κ2) is 7.50. The standard InChI is InChI=1S/C23H25N7/c1-16-4-7-18(8-5-16)19-9-10-20-23(26-27-30(20)14-19)21-15-29(13-12-28(21)3)22-11-6-17(2)24-25-22/h4-11,14,21H,12-13,15H2,1-3H3. The monoisotopic (exact) mass is 399 g/mol. The van der Waals surface area contributed by atoms with Crippen LogP contribution in [0.25, 0.3) is 16.6 Å². The highest BCUT2D eigenvalue weighted by atomic mass is 15.4. The summed E-state index contributed by atoms with van der Waals surface area (Å²) < 4.78 is 1.89. The maximum absolute atomic E-state index is 4.57. The van der Waals surface area contributed by atoms with E-state index in [-0.39, 0.29) is 6.04 Å². The van der Waals surface area contributed by atoms with E-state index in [0.29, 0.717) is 0 Å². The van der Waals surface area contributed by atoms with E-state index in [9.17, 15) is 0 Å². The quantitative estimate of drug-likeness (QED) is 0.527. The molecule has 1 unspecified atom stereocenters. The Labute approximate surface area is 176 Å². The van der Waals surface area contributed by atoms with Crippen LogP contribution in [-0.4, -0.2) is 56.6 Å². The molecule has 30 heavy (non-hydrogen) atoms. The Kier molecular flexibility index (Phi) is 4.67. The first kappa shape index (κ1) is 18.7. The predicted molar refractivity (Wildman–Crippen MR) is 118 cm³/mol. The van der Waals surface area contributed by atoms with Crippen LogP contribution >= 0.6 is 0 Å². The molecule has 1 fully saturated rings. The molecular weight excluding hydrogens is 374 g/mol. The number of hydrogen-bond donors (Lipinski definition) is 0. The van der Waals surface area contributed by atoms with Crippen molar-refractivity contribution in [2.45, 2.75) is 19.9 Å². The zero-order valence-corrected chi connectivity index (χ0v) is 17.5. The van der Waals surface area contributed by atoms with Crippen LogP contribution in [0.4, 0.5) is 5.82 Å². The highest BCUT2D eigenvalue weighted by Crippen LogP contribution is 2.29. The number of aryl methyl sites for hydroxylation is 2. The van der Waals surface area contributed by atoms with Crippen molar-refractivity contribution in [2.24, 2.45) is 0 Å². The Bertz CT molecular complexity index is 1160. The molecule has 1 aromatic carbocycles. The molecule has 7 nitrogen and oxygen atoms in total. The largest absolute Gasteiger partial charge is 0.352 e. The molecular formula is C23H25N7. The van der Waals surface area contributed by atoms with Crippen LogP contribution in [0, 0.1) is 13.8 Å². The van der Waals surface area contributed by atoms with Crippen LogP contribution in [-0.2, 0) is 0 Å². The van der Waals surface area contributed by atoms with E-state index < -0.39 is 0 Å². The SMILES string of the molecule is Cc1ccc(-c2ccc3c(C4CN(c5ccc(C)nn5)CCN4C)nnn3c2)cc1. The van der Waals surface area contributed by atoms with Crippen LogP contribution in [0.1, 0.15) is 23.0 Å². The number of hydrogen-bond acceptors (Lipinski definition) is 6. The molecule has 5 rings (SSSR count). The molecule has 0 N–H and O–H groups in total. The zero-order valence-electron chi connectivity index (χ0n) is 17.5. The lowest BCUT2D eigenvalue weighted by Crippen LogP contribution is -2.47. The molecule has 7 heteroatoms. The summed E-state index contributed by atoms with van der Waals surface area (Å²) in [5, 5.41) is 17.6. The van der Waals surface area contributed by atoms with Gasteiger partial charge in [0, 0.05) is 31.4 Å². The first-order valence-corrected chi connectivity index (χ1v) is 10.3. The van der Waals surface area contributed by atoms with Crippen LogP contribution in [0.2, 0.25) is 0 Å². The van der Waals surface area contributed by atoms with Gasteiger partial charge in [0.25, 0.3) is 0 Å². The van der Waals surface area contributed by atoms with Crippen LogP contribution in [0.15, 0.2) is 54.7 Å². The molecule has 3 aromatic heterocycles. The molecule has 152 valence electrons. The maximum atomic E-state index is 4.57. The molecule has 1 saturated heterocycles. The lowest BCUT2D eigenvalue weighted by Gasteiger charge is -2.39. The van der Waals surface area contributed by atoms with Gasteiger partial charge in [0.05, 0.1) is 17.3 Å². The zero-order chi connectivity index (χ0) is 20.7. The minimum Gasteiger partial charge on any atom is -0.352 e. The van der Waals surface area contributed by atoms with E-state index in [1.54, 1.807) is 0 Å². The summed E-state index contributed by atoms with van der Waals surface area (Å²) in [6.07, 6.45) is 2.06. The van der Waals surface area contributed by atoms with E-state index in [4.69, 9.17) is 0 Å². The molecule has 0 amide bonds. The van der Waals surface area contributed by atoms with Crippen molar-refractivity contribution in [3.63, 3.8) is 0 Å². The fourth-order valence-electron chi connectivity index (χ4n) is 4.01. The number of pyridine rings is 1. The van der Waals surface area contributed by atoms with Crippen molar-refractivity contribution in [2.75, 3.05) is 31.6 Å². The first-order chi connectivity index (χ1) is 14.6. The minimum absolute atomic E-state index is 0.143. The summed E-state index contributed by atoms with van der Waals surface area (Å²) >= 11 is 0. The molecule has 0 bridgehead atoms. The van der Waals surface area contributed by atoms with Crippen molar-refractivity contribution in [3.8, 4) is 11.1 Å². The van der Waals surface area contributed by atoms with Crippen LogP contribution in [0.3, 0.4) is 0 Å². The summed E-state index contributed by atoms with van der Waals surface area (Å²) in [7, 11) is 2.15. The van der Waals surface area contributed by atoms with Gasteiger partial charge >= 0.3 is 0 Å². The molecule has 0 saturated carbocycles. The van der Waals surface area contributed by atoms with Gasteiger partial charge in [-0.3, -0.25) is 4.90 Å². The normalized spacial score (nSPS) is 17.6. The number of fused-ring (bicyclic) bond motifs is 1. The smallest absolute Gasteiger partial charge is 0.151 e. The number of rotatable bonds is 3. The third-order valence-corrected chi connectivity index (χ3v) is 5.90. The van der Waals surface area contributed by atoms with Crippen molar-refractivity contribution < 1.29 is 0 Å². The van der Waals surface area contributed by atoms with Gasteiger partial charge in [0.15, 0.2) is 5.82 Å². The second-order valence-electron chi connectivity index (χ2n) is 8.06. The fourth-order valence-corrected chi connectivity index (χ4v) is 4.01. The second-order valence-corrected chi connectivity index (χ2v) is 8.06. The average molecular weight is 400 g/mol. The first-order valence-electron chi connectivity index (χ1n) is 10.3. The summed E-state index contributed by atoms with van der Waals surface area (Å²) in [6, 6.07) is 17.0. The Morgan fingerprint density at radius 3 is 2.40 bits per heavy atom. The Morgan fingerprint density at radius 1 is 0.833 bits per heavy atom. The molecule has 1 aliphatic heterocycles. The van der Waals surface area contributed by atoms with Crippen molar-refractivity contribution in [3.05, 3.63) is 71.7 Å².